The molecule has 1 aliphatic heterocycles. The van der Waals surface area contributed by atoms with Gasteiger partial charge in [0.1, 0.15) is 5.82 Å². The maximum Gasteiger partial charge on any atom is 0.123 e. The topological polar surface area (TPSA) is 15.3 Å². The Morgan fingerprint density at radius 3 is 2.55 bits per heavy atom. The predicted molar refractivity (Wildman–Crippen MR) is 96.2 cm³/mol. The minimum Gasteiger partial charge on any atom is -0.314 e. The summed E-state index contributed by atoms with van der Waals surface area (Å²) in [5.74, 6) is -0.151. The molecule has 2 nitrogen and oxygen atoms in total. The van der Waals surface area contributed by atoms with Crippen molar-refractivity contribution in [3.63, 3.8) is 0 Å². The van der Waals surface area contributed by atoms with Crippen molar-refractivity contribution in [1.82, 2.24) is 10.2 Å². The van der Waals surface area contributed by atoms with Gasteiger partial charge in [-0.2, -0.15) is 0 Å². The van der Waals surface area contributed by atoms with Crippen LogP contribution in [0.25, 0.3) is 0 Å². The maximum atomic E-state index is 13.7. The molecule has 3 rings (SSSR count). The average Bonchev–Trinajstić information content (AvgIpc) is 2.98. The molecule has 2 heterocycles. The second-order valence-electron chi connectivity index (χ2n) is 5.20. The molecule has 6 heteroatoms. The molecular formula is C16H21Cl2FN2S. The van der Waals surface area contributed by atoms with Gasteiger partial charge in [0.2, 0.25) is 0 Å². The molecule has 0 radical (unpaired) electrons. The molecule has 2 aromatic rings. The van der Waals surface area contributed by atoms with Gasteiger partial charge in [-0.15, -0.1) is 36.2 Å². The number of hydrogen-bond acceptors (Lipinski definition) is 3. The van der Waals surface area contributed by atoms with Crippen LogP contribution in [0.1, 0.15) is 22.0 Å². The lowest BCUT2D eigenvalue weighted by atomic mass is 9.98. The molecule has 0 bridgehead atoms. The lowest BCUT2D eigenvalue weighted by molar-refractivity contribution is 0.200. The molecule has 1 atom stereocenters. The molecular weight excluding hydrogens is 342 g/mol. The zero-order valence-corrected chi connectivity index (χ0v) is 14.9. The molecule has 1 fully saturated rings. The van der Waals surface area contributed by atoms with E-state index in [1.165, 1.54) is 4.88 Å². The Balaban J connectivity index is 0.00000121. The third-order valence-electron chi connectivity index (χ3n) is 3.87. The number of hydrogen-bond donors (Lipinski definition) is 1. The molecule has 122 valence electrons. The lowest BCUT2D eigenvalue weighted by Crippen LogP contribution is -2.45. The van der Waals surface area contributed by atoms with Crippen molar-refractivity contribution < 1.29 is 4.39 Å². The van der Waals surface area contributed by atoms with Gasteiger partial charge in [-0.05, 0) is 41.6 Å². The predicted octanol–water partition coefficient (Wildman–Crippen LogP) is 4.03. The van der Waals surface area contributed by atoms with Crippen LogP contribution in [-0.4, -0.2) is 31.1 Å². The summed E-state index contributed by atoms with van der Waals surface area (Å²) in [5.41, 5.74) is 2.25. The Kier molecular flexibility index (Phi) is 7.80. The van der Waals surface area contributed by atoms with Crippen LogP contribution in [-0.2, 0) is 0 Å². The minimum atomic E-state index is -0.151. The summed E-state index contributed by atoms with van der Waals surface area (Å²) in [5, 5.41) is 5.48. The smallest absolute Gasteiger partial charge is 0.123 e. The van der Waals surface area contributed by atoms with Crippen molar-refractivity contribution in [2.75, 3.05) is 26.2 Å². The Bertz CT molecular complexity index is 572. The number of nitrogens with zero attached hydrogens (tertiary/aromatic N) is 1. The van der Waals surface area contributed by atoms with Gasteiger partial charge >= 0.3 is 0 Å². The van der Waals surface area contributed by atoms with E-state index in [4.69, 9.17) is 0 Å². The summed E-state index contributed by atoms with van der Waals surface area (Å²) in [6, 6.07) is 9.52. The summed E-state index contributed by atoms with van der Waals surface area (Å²) in [6.07, 6.45) is 0. The summed E-state index contributed by atoms with van der Waals surface area (Å²) in [4.78, 5) is 3.74. The van der Waals surface area contributed by atoms with E-state index in [0.29, 0.717) is 0 Å². The average molecular weight is 363 g/mol. The second-order valence-corrected chi connectivity index (χ2v) is 6.18. The van der Waals surface area contributed by atoms with E-state index in [2.05, 4.69) is 34.7 Å². The molecule has 1 aliphatic rings. The van der Waals surface area contributed by atoms with Crippen molar-refractivity contribution in [3.05, 3.63) is 57.5 Å². The lowest BCUT2D eigenvalue weighted by Gasteiger charge is -2.35. The van der Waals surface area contributed by atoms with Crippen LogP contribution in [0.4, 0.5) is 4.39 Å². The van der Waals surface area contributed by atoms with E-state index >= 15 is 0 Å². The molecule has 1 N–H and O–H groups in total. The number of rotatable bonds is 3. The molecule has 1 aromatic heterocycles. The van der Waals surface area contributed by atoms with Gasteiger partial charge in [0.25, 0.3) is 0 Å². The molecule has 0 aliphatic carbocycles. The first-order chi connectivity index (χ1) is 9.75. The van der Waals surface area contributed by atoms with E-state index < -0.39 is 0 Å². The number of thiophene rings is 1. The van der Waals surface area contributed by atoms with E-state index in [1.807, 2.05) is 6.07 Å². The van der Waals surface area contributed by atoms with E-state index in [0.717, 1.165) is 37.3 Å². The highest BCUT2D eigenvalue weighted by Gasteiger charge is 2.26. The third-order valence-corrected chi connectivity index (χ3v) is 4.79. The van der Waals surface area contributed by atoms with Crippen LogP contribution in [0, 0.1) is 12.7 Å². The number of piperazine rings is 1. The first-order valence-electron chi connectivity index (χ1n) is 7.00. The second kappa shape index (κ2) is 8.85. The van der Waals surface area contributed by atoms with Gasteiger partial charge in [-0.1, -0.05) is 12.1 Å². The van der Waals surface area contributed by atoms with Gasteiger partial charge in [-0.3, -0.25) is 4.90 Å². The molecule has 0 saturated carbocycles. The summed E-state index contributed by atoms with van der Waals surface area (Å²) < 4.78 is 13.7. The van der Waals surface area contributed by atoms with Crippen molar-refractivity contribution in [3.8, 4) is 0 Å². The van der Waals surface area contributed by atoms with Gasteiger partial charge < -0.3 is 5.32 Å². The van der Waals surface area contributed by atoms with E-state index in [1.54, 1.807) is 23.5 Å². The van der Waals surface area contributed by atoms with Crippen LogP contribution >= 0.6 is 36.2 Å². The van der Waals surface area contributed by atoms with Gasteiger partial charge in [0.05, 0.1) is 6.04 Å². The highest BCUT2D eigenvalue weighted by atomic mass is 35.5. The molecule has 0 spiro atoms. The van der Waals surface area contributed by atoms with Crippen LogP contribution in [0.5, 0.6) is 0 Å². The van der Waals surface area contributed by atoms with Gasteiger partial charge in [-0.25, -0.2) is 4.39 Å². The zero-order chi connectivity index (χ0) is 13.9. The molecule has 0 unspecified atom stereocenters. The molecule has 22 heavy (non-hydrogen) atoms. The Morgan fingerprint density at radius 1 is 1.18 bits per heavy atom. The fourth-order valence-corrected chi connectivity index (χ4v) is 3.70. The monoisotopic (exact) mass is 362 g/mol. The highest BCUT2D eigenvalue weighted by molar-refractivity contribution is 7.10. The van der Waals surface area contributed by atoms with Crippen LogP contribution in [0.3, 0.4) is 0 Å². The summed E-state index contributed by atoms with van der Waals surface area (Å²) in [6.45, 7) is 6.06. The van der Waals surface area contributed by atoms with Gasteiger partial charge in [0, 0.05) is 31.1 Å². The molecule has 1 saturated heterocycles. The van der Waals surface area contributed by atoms with Crippen molar-refractivity contribution in [2.45, 2.75) is 13.0 Å². The third kappa shape index (κ3) is 4.21. The first kappa shape index (κ1) is 19.4. The summed E-state index contributed by atoms with van der Waals surface area (Å²) in [7, 11) is 0. The van der Waals surface area contributed by atoms with E-state index in [9.17, 15) is 4.39 Å². The Labute approximate surface area is 147 Å². The zero-order valence-electron chi connectivity index (χ0n) is 12.4. The molecule has 0 amide bonds. The summed E-state index contributed by atoms with van der Waals surface area (Å²) >= 11 is 1.75. The Hall–Kier alpha value is -0.650. The number of nitrogens with one attached hydrogen (secondary N) is 1. The van der Waals surface area contributed by atoms with Gasteiger partial charge in [0.15, 0.2) is 0 Å². The SMILES string of the molecule is Cc1ccc(F)cc1[C@H](c1cccs1)N1CCNCC1.Cl.Cl. The van der Waals surface area contributed by atoms with Crippen LogP contribution in [0.15, 0.2) is 35.7 Å². The fraction of sp³-hybridized carbons (Fsp3) is 0.375. The normalized spacial score (nSPS) is 16.5. The first-order valence-corrected chi connectivity index (χ1v) is 7.88. The van der Waals surface area contributed by atoms with Crippen molar-refractivity contribution in [2.24, 2.45) is 0 Å². The maximum absolute atomic E-state index is 13.7. The standard InChI is InChI=1S/C16H19FN2S.2ClH/c1-12-4-5-13(17)11-14(12)16(15-3-2-10-20-15)19-8-6-18-7-9-19;;/h2-5,10-11,16,18H,6-9H2,1H3;2*1H/t16-;;/m1../s1. The quantitative estimate of drug-likeness (QED) is 0.886. The van der Waals surface area contributed by atoms with Crippen LogP contribution in [0.2, 0.25) is 0 Å². The Morgan fingerprint density at radius 2 is 1.91 bits per heavy atom. The van der Waals surface area contributed by atoms with E-state index in [-0.39, 0.29) is 36.7 Å². The van der Waals surface area contributed by atoms with Crippen molar-refractivity contribution >= 4 is 36.2 Å². The number of benzene rings is 1. The number of aryl methyl sites for hydroxylation is 1. The highest BCUT2D eigenvalue weighted by Crippen LogP contribution is 2.34. The minimum absolute atomic E-state index is 0. The van der Waals surface area contributed by atoms with Crippen molar-refractivity contribution in [1.29, 1.82) is 0 Å². The number of halogens is 3. The largest absolute Gasteiger partial charge is 0.314 e. The molecule has 1 aromatic carbocycles. The van der Waals surface area contributed by atoms with Crippen LogP contribution < -0.4 is 5.32 Å². The fourth-order valence-electron chi connectivity index (χ4n) is 2.82.